The summed E-state index contributed by atoms with van der Waals surface area (Å²) in [7, 11) is 0. The molecule has 22 heavy (non-hydrogen) atoms. The maximum Gasteiger partial charge on any atom is 0.270 e. The molecule has 0 saturated carbocycles. The van der Waals surface area contributed by atoms with Crippen molar-refractivity contribution in [3.8, 4) is 5.75 Å². The second-order valence-electron chi connectivity index (χ2n) is 4.44. The van der Waals surface area contributed by atoms with Crippen LogP contribution < -0.4 is 15.8 Å². The molecule has 2 amide bonds. The Balaban J connectivity index is 1.90. The number of hydrogen-bond acceptors (Lipinski definition) is 4. The van der Waals surface area contributed by atoms with E-state index in [1.807, 2.05) is 0 Å². The minimum absolute atomic E-state index is 0.149. The van der Waals surface area contributed by atoms with Crippen molar-refractivity contribution in [2.45, 2.75) is 6.61 Å². The Bertz CT molecular complexity index is 657. The average Bonchev–Trinajstić information content (AvgIpc) is 2.52. The fraction of sp³-hybridized carbons (Fsp3) is 0.133. The number of aromatic nitrogens is 1. The molecule has 1 aromatic heterocycles. The molecule has 0 aliphatic carbocycles. The second kappa shape index (κ2) is 7.16. The molecule has 0 aliphatic heterocycles. The summed E-state index contributed by atoms with van der Waals surface area (Å²) in [5.74, 6) is -0.969. The van der Waals surface area contributed by atoms with E-state index in [1.54, 1.807) is 18.2 Å². The van der Waals surface area contributed by atoms with Crippen LogP contribution in [0.4, 0.5) is 4.39 Å². The molecule has 6 nitrogen and oxygen atoms in total. The van der Waals surface area contributed by atoms with E-state index in [-0.39, 0.29) is 24.7 Å². The summed E-state index contributed by atoms with van der Waals surface area (Å²) in [6, 6.07) is 8.99. The van der Waals surface area contributed by atoms with Gasteiger partial charge in [-0.05, 0) is 29.8 Å². The number of carbonyl (C=O) groups is 2. The predicted octanol–water partition coefficient (Wildman–Crippen LogP) is 1.01. The van der Waals surface area contributed by atoms with Gasteiger partial charge in [-0.15, -0.1) is 0 Å². The number of primary amides is 1. The first-order valence-corrected chi connectivity index (χ1v) is 6.44. The van der Waals surface area contributed by atoms with Gasteiger partial charge in [-0.1, -0.05) is 12.1 Å². The van der Waals surface area contributed by atoms with E-state index in [2.05, 4.69) is 10.3 Å². The lowest BCUT2D eigenvalue weighted by Crippen LogP contribution is -2.33. The number of rotatable bonds is 6. The quantitative estimate of drug-likeness (QED) is 0.833. The number of ether oxygens (including phenoxy) is 1. The highest BCUT2D eigenvalue weighted by Gasteiger charge is 2.08. The fourth-order valence-corrected chi connectivity index (χ4v) is 1.61. The summed E-state index contributed by atoms with van der Waals surface area (Å²) >= 11 is 0. The fourth-order valence-electron chi connectivity index (χ4n) is 1.61. The summed E-state index contributed by atoms with van der Waals surface area (Å²) in [4.78, 5) is 26.1. The molecule has 0 bridgehead atoms. The van der Waals surface area contributed by atoms with Crippen molar-refractivity contribution in [1.29, 1.82) is 0 Å². The van der Waals surface area contributed by atoms with Crippen LogP contribution >= 0.6 is 0 Å². The average molecular weight is 303 g/mol. The third-order valence-corrected chi connectivity index (χ3v) is 2.71. The molecule has 2 aromatic rings. The van der Waals surface area contributed by atoms with Crippen molar-refractivity contribution in [1.82, 2.24) is 10.3 Å². The number of amides is 2. The van der Waals surface area contributed by atoms with E-state index in [4.69, 9.17) is 10.5 Å². The molecular weight excluding hydrogens is 289 g/mol. The van der Waals surface area contributed by atoms with Crippen molar-refractivity contribution < 1.29 is 18.7 Å². The van der Waals surface area contributed by atoms with Crippen LogP contribution in [-0.2, 0) is 11.4 Å². The zero-order valence-electron chi connectivity index (χ0n) is 11.6. The Morgan fingerprint density at radius 2 is 1.91 bits per heavy atom. The van der Waals surface area contributed by atoms with Crippen LogP contribution in [0.25, 0.3) is 0 Å². The lowest BCUT2D eigenvalue weighted by atomic mass is 10.2. The minimum atomic E-state index is -0.632. The van der Waals surface area contributed by atoms with E-state index in [0.717, 1.165) is 5.56 Å². The first-order chi connectivity index (χ1) is 10.5. The lowest BCUT2D eigenvalue weighted by molar-refractivity contribution is -0.117. The van der Waals surface area contributed by atoms with Gasteiger partial charge in [0.15, 0.2) is 0 Å². The molecule has 0 aliphatic rings. The molecule has 0 spiro atoms. The standard InChI is InChI=1S/C15H14FN3O3/c16-11-3-1-10(2-4-11)9-22-12-5-6-13(18-7-12)15(21)19-8-14(17)20/h1-7H,8-9H2,(H2,17,20)(H,19,21). The molecule has 7 heteroatoms. The molecule has 0 unspecified atom stereocenters. The van der Waals surface area contributed by atoms with Crippen LogP contribution in [0.3, 0.4) is 0 Å². The summed E-state index contributed by atoms with van der Waals surface area (Å²) < 4.78 is 18.2. The Kier molecular flexibility index (Phi) is 5.02. The normalized spacial score (nSPS) is 10.0. The maximum atomic E-state index is 12.8. The lowest BCUT2D eigenvalue weighted by Gasteiger charge is -2.07. The Hall–Kier alpha value is -2.96. The summed E-state index contributed by atoms with van der Waals surface area (Å²) in [6.45, 7) is 0.0124. The smallest absolute Gasteiger partial charge is 0.270 e. The summed E-state index contributed by atoms with van der Waals surface area (Å²) in [5.41, 5.74) is 5.89. The SMILES string of the molecule is NC(=O)CNC(=O)c1ccc(OCc2ccc(F)cc2)cn1. The van der Waals surface area contributed by atoms with Crippen molar-refractivity contribution >= 4 is 11.8 Å². The van der Waals surface area contributed by atoms with Gasteiger partial charge in [0.1, 0.15) is 23.9 Å². The number of carbonyl (C=O) groups excluding carboxylic acids is 2. The zero-order valence-corrected chi connectivity index (χ0v) is 11.6. The largest absolute Gasteiger partial charge is 0.487 e. The van der Waals surface area contributed by atoms with Crippen LogP contribution in [0.1, 0.15) is 16.1 Å². The molecular formula is C15H14FN3O3. The Morgan fingerprint density at radius 1 is 1.18 bits per heavy atom. The van der Waals surface area contributed by atoms with Gasteiger partial charge in [-0.25, -0.2) is 9.37 Å². The topological polar surface area (TPSA) is 94.3 Å². The van der Waals surface area contributed by atoms with Gasteiger partial charge >= 0.3 is 0 Å². The van der Waals surface area contributed by atoms with Gasteiger partial charge in [-0.3, -0.25) is 9.59 Å². The maximum absolute atomic E-state index is 12.8. The Labute approximate surface area is 126 Å². The third kappa shape index (κ3) is 4.55. The van der Waals surface area contributed by atoms with Crippen LogP contribution in [0.15, 0.2) is 42.6 Å². The highest BCUT2D eigenvalue weighted by molar-refractivity contribution is 5.94. The second-order valence-corrected chi connectivity index (χ2v) is 4.44. The van der Waals surface area contributed by atoms with Crippen LogP contribution in [0.2, 0.25) is 0 Å². The van der Waals surface area contributed by atoms with Crippen molar-refractivity contribution in [3.63, 3.8) is 0 Å². The molecule has 0 atom stereocenters. The Morgan fingerprint density at radius 3 is 2.50 bits per heavy atom. The highest BCUT2D eigenvalue weighted by Crippen LogP contribution is 2.12. The van der Waals surface area contributed by atoms with Gasteiger partial charge in [-0.2, -0.15) is 0 Å². The van der Waals surface area contributed by atoms with Crippen molar-refractivity contribution in [2.75, 3.05) is 6.54 Å². The van der Waals surface area contributed by atoms with Gasteiger partial charge < -0.3 is 15.8 Å². The van der Waals surface area contributed by atoms with E-state index in [9.17, 15) is 14.0 Å². The molecule has 1 heterocycles. The van der Waals surface area contributed by atoms with E-state index < -0.39 is 11.8 Å². The molecule has 1 aromatic carbocycles. The number of nitrogens with two attached hydrogens (primary N) is 1. The predicted molar refractivity (Wildman–Crippen MR) is 76.5 cm³/mol. The monoisotopic (exact) mass is 303 g/mol. The van der Waals surface area contributed by atoms with Crippen molar-refractivity contribution in [3.05, 3.63) is 59.7 Å². The minimum Gasteiger partial charge on any atom is -0.487 e. The summed E-state index contributed by atoms with van der Waals surface area (Å²) in [5, 5.41) is 2.33. The van der Waals surface area contributed by atoms with Crippen LogP contribution in [0, 0.1) is 5.82 Å². The van der Waals surface area contributed by atoms with Gasteiger partial charge in [0.05, 0.1) is 12.7 Å². The van der Waals surface area contributed by atoms with Gasteiger partial charge in [0.25, 0.3) is 5.91 Å². The molecule has 114 valence electrons. The molecule has 2 rings (SSSR count). The first-order valence-electron chi connectivity index (χ1n) is 6.44. The number of pyridine rings is 1. The number of halogens is 1. The highest BCUT2D eigenvalue weighted by atomic mass is 19.1. The molecule has 0 radical (unpaired) electrons. The third-order valence-electron chi connectivity index (χ3n) is 2.71. The number of nitrogens with zero attached hydrogens (tertiary/aromatic N) is 1. The number of nitrogens with one attached hydrogen (secondary N) is 1. The molecule has 0 fully saturated rings. The summed E-state index contributed by atoms with van der Waals surface area (Å²) in [6.07, 6.45) is 1.39. The number of benzene rings is 1. The van der Waals surface area contributed by atoms with Crippen LogP contribution in [0.5, 0.6) is 5.75 Å². The van der Waals surface area contributed by atoms with E-state index >= 15 is 0 Å². The van der Waals surface area contributed by atoms with E-state index in [1.165, 1.54) is 24.4 Å². The van der Waals surface area contributed by atoms with Gasteiger partial charge in [0.2, 0.25) is 5.91 Å². The van der Waals surface area contributed by atoms with Crippen molar-refractivity contribution in [2.24, 2.45) is 5.73 Å². The van der Waals surface area contributed by atoms with E-state index in [0.29, 0.717) is 5.75 Å². The molecule has 3 N–H and O–H groups in total. The number of hydrogen-bond donors (Lipinski definition) is 2. The van der Waals surface area contributed by atoms with Crippen LogP contribution in [-0.4, -0.2) is 23.3 Å². The zero-order chi connectivity index (χ0) is 15.9. The van der Waals surface area contributed by atoms with Gasteiger partial charge in [0, 0.05) is 0 Å². The molecule has 0 saturated heterocycles. The first kappa shape index (κ1) is 15.4.